The predicted octanol–water partition coefficient (Wildman–Crippen LogP) is 3.79. The zero-order valence-corrected chi connectivity index (χ0v) is 25.6. The standard InChI is InChI=1S/C16H44N12P4/c1-21(2)29(22(3)4)17-30(23(5)6,24(7)8)19-32(26(11)12,28-15-16-28)20-31(18-29,25(9)10)27-13-14-27/h13-16H2,1-12H3/t31-,32-/m1/s1. The Balaban J connectivity index is 2.63. The average Bonchev–Trinajstić information content (AvgIpc) is 3.53. The Bertz CT molecular complexity index is 744. The van der Waals surface area contributed by atoms with Crippen molar-refractivity contribution in [1.82, 2.24) is 37.4 Å². The maximum Gasteiger partial charge on any atom is 0.220 e. The molecule has 3 aliphatic rings. The van der Waals surface area contributed by atoms with Crippen molar-refractivity contribution in [3.05, 3.63) is 0 Å². The molecule has 2 atom stereocenters. The molecule has 188 valence electrons. The minimum atomic E-state index is -2.48. The van der Waals surface area contributed by atoms with E-state index in [-0.39, 0.29) is 0 Å². The molecule has 0 bridgehead atoms. The van der Waals surface area contributed by atoms with Crippen molar-refractivity contribution in [3.8, 4) is 0 Å². The Kier molecular flexibility index (Phi) is 7.85. The fourth-order valence-electron chi connectivity index (χ4n) is 3.75. The van der Waals surface area contributed by atoms with E-state index in [1.54, 1.807) is 0 Å². The molecule has 3 aliphatic heterocycles. The molecule has 0 radical (unpaired) electrons. The fraction of sp³-hybridized carbons (Fsp3) is 1.00. The van der Waals surface area contributed by atoms with Gasteiger partial charge in [-0.2, -0.15) is 18.1 Å². The van der Waals surface area contributed by atoms with Crippen molar-refractivity contribution in [2.45, 2.75) is 0 Å². The lowest BCUT2D eigenvalue weighted by Gasteiger charge is -2.45. The predicted molar refractivity (Wildman–Crippen MR) is 143 cm³/mol. The molecule has 0 aromatic carbocycles. The Morgan fingerprint density at radius 1 is 0.406 bits per heavy atom. The summed E-state index contributed by atoms with van der Waals surface area (Å²) in [6.45, 7) is 4.09. The first-order chi connectivity index (χ1) is 14.7. The van der Waals surface area contributed by atoms with Crippen LogP contribution in [0, 0.1) is 0 Å². The number of hydrogen-bond donors (Lipinski definition) is 0. The van der Waals surface area contributed by atoms with Gasteiger partial charge >= 0.3 is 0 Å². The van der Waals surface area contributed by atoms with E-state index >= 15 is 0 Å². The second kappa shape index (κ2) is 9.24. The van der Waals surface area contributed by atoms with Crippen LogP contribution in [-0.2, 0) is 0 Å². The molecule has 2 fully saturated rings. The van der Waals surface area contributed by atoms with Gasteiger partial charge in [0.15, 0.2) is 0 Å². The number of hydrogen-bond acceptors (Lipinski definition) is 12. The highest BCUT2D eigenvalue weighted by Crippen LogP contribution is 2.83. The van der Waals surface area contributed by atoms with Crippen molar-refractivity contribution in [1.29, 1.82) is 0 Å². The quantitative estimate of drug-likeness (QED) is 0.348. The zero-order chi connectivity index (χ0) is 24.3. The summed E-state index contributed by atoms with van der Waals surface area (Å²) < 4.78 is 41.5. The molecule has 0 aromatic heterocycles. The molecule has 0 unspecified atom stereocenters. The third-order valence-electron chi connectivity index (χ3n) is 5.79. The largest absolute Gasteiger partial charge is 0.246 e. The summed E-state index contributed by atoms with van der Waals surface area (Å²) in [5, 5.41) is 0. The molecule has 12 nitrogen and oxygen atoms in total. The summed E-state index contributed by atoms with van der Waals surface area (Å²) in [6.07, 6.45) is 0. The first-order valence-electron chi connectivity index (χ1n) is 10.8. The van der Waals surface area contributed by atoms with Gasteiger partial charge in [-0.15, -0.1) is 0 Å². The van der Waals surface area contributed by atoms with Crippen LogP contribution in [0.2, 0.25) is 0 Å². The molecule has 3 heterocycles. The normalized spacial score (nSPS) is 32.6. The average molecular weight is 529 g/mol. The minimum Gasteiger partial charge on any atom is -0.246 e. The number of rotatable bonds is 8. The van der Waals surface area contributed by atoms with E-state index in [0.29, 0.717) is 0 Å². The summed E-state index contributed by atoms with van der Waals surface area (Å²) in [6, 6.07) is 0. The summed E-state index contributed by atoms with van der Waals surface area (Å²) in [5.74, 6) is 0. The van der Waals surface area contributed by atoms with Gasteiger partial charge < -0.3 is 0 Å². The van der Waals surface area contributed by atoms with Crippen molar-refractivity contribution in [2.75, 3.05) is 111 Å². The summed E-state index contributed by atoms with van der Waals surface area (Å²) in [4.78, 5) is 0. The van der Waals surface area contributed by atoms with Gasteiger partial charge in [-0.05, 0) is 84.6 Å². The van der Waals surface area contributed by atoms with E-state index in [2.05, 4.69) is 122 Å². The van der Waals surface area contributed by atoms with Gasteiger partial charge in [0.05, 0.1) is 0 Å². The van der Waals surface area contributed by atoms with Crippen molar-refractivity contribution < 1.29 is 0 Å². The van der Waals surface area contributed by atoms with Crippen LogP contribution in [0.15, 0.2) is 18.1 Å². The van der Waals surface area contributed by atoms with Crippen molar-refractivity contribution in [2.24, 2.45) is 18.1 Å². The van der Waals surface area contributed by atoms with Crippen LogP contribution in [-0.4, -0.2) is 148 Å². The van der Waals surface area contributed by atoms with Gasteiger partial charge in [0.2, 0.25) is 30.0 Å². The highest BCUT2D eigenvalue weighted by Gasteiger charge is 2.50. The Labute approximate surface area is 196 Å². The molecule has 16 heteroatoms. The van der Waals surface area contributed by atoms with E-state index in [1.807, 2.05) is 0 Å². The van der Waals surface area contributed by atoms with Crippen LogP contribution in [0.3, 0.4) is 0 Å². The van der Waals surface area contributed by atoms with Gasteiger partial charge in [0.25, 0.3) is 0 Å². The zero-order valence-electron chi connectivity index (χ0n) is 22.0. The SMILES string of the molecule is CN(C)P1(N(C)C)=NP(N(C)C)(N(C)C)=N[P@@](N(C)C)(N2CC2)=N[P@](N(C)C)(N2CC2)=N1. The van der Waals surface area contributed by atoms with Gasteiger partial charge in [-0.3, -0.25) is 0 Å². The molecule has 0 N–H and O–H groups in total. The van der Waals surface area contributed by atoms with Crippen LogP contribution in [0.5, 0.6) is 0 Å². The maximum absolute atomic E-state index is 5.82. The summed E-state index contributed by atoms with van der Waals surface area (Å²) in [5.41, 5.74) is 0. The van der Waals surface area contributed by atoms with Crippen molar-refractivity contribution >= 4 is 30.0 Å². The molecule has 0 aromatic rings. The lowest BCUT2D eigenvalue weighted by Crippen LogP contribution is -2.27. The fourth-order valence-corrected chi connectivity index (χ4v) is 23.9. The van der Waals surface area contributed by atoms with E-state index in [0.717, 1.165) is 26.2 Å². The van der Waals surface area contributed by atoms with E-state index in [4.69, 9.17) is 18.1 Å². The van der Waals surface area contributed by atoms with Gasteiger partial charge in [0, 0.05) is 26.2 Å². The Morgan fingerprint density at radius 2 is 0.719 bits per heavy atom. The second-order valence-corrected chi connectivity index (χ2v) is 22.6. The third-order valence-corrected chi connectivity index (χ3v) is 22.2. The summed E-state index contributed by atoms with van der Waals surface area (Å²) in [7, 11) is 15.6. The topological polar surface area (TPSA) is 74.9 Å². The van der Waals surface area contributed by atoms with Crippen LogP contribution >= 0.6 is 30.0 Å². The molecule has 0 spiro atoms. The molecule has 32 heavy (non-hydrogen) atoms. The van der Waals surface area contributed by atoms with Crippen LogP contribution < -0.4 is 0 Å². The Hall–Kier alpha value is 0.600. The van der Waals surface area contributed by atoms with E-state index in [9.17, 15) is 0 Å². The van der Waals surface area contributed by atoms with Gasteiger partial charge in [-0.25, -0.2) is 37.4 Å². The van der Waals surface area contributed by atoms with Crippen LogP contribution in [0.25, 0.3) is 0 Å². The minimum absolute atomic E-state index is 1.02. The lowest BCUT2D eigenvalue weighted by atomic mass is 11.0. The molecule has 0 amide bonds. The third kappa shape index (κ3) is 4.34. The highest BCUT2D eigenvalue weighted by molar-refractivity contribution is 7.83. The Morgan fingerprint density at radius 3 is 1.00 bits per heavy atom. The molecule has 0 aliphatic carbocycles. The van der Waals surface area contributed by atoms with Gasteiger partial charge in [-0.1, -0.05) is 0 Å². The van der Waals surface area contributed by atoms with E-state index in [1.165, 1.54) is 0 Å². The van der Waals surface area contributed by atoms with Crippen LogP contribution in [0.1, 0.15) is 0 Å². The molecule has 2 saturated heterocycles. The maximum atomic E-state index is 5.82. The first-order valence-corrected chi connectivity index (χ1v) is 17.2. The molecule has 0 saturated carbocycles. The van der Waals surface area contributed by atoms with Crippen LogP contribution in [0.4, 0.5) is 0 Å². The number of nitrogens with zero attached hydrogens (tertiary/aromatic N) is 12. The monoisotopic (exact) mass is 528 g/mol. The summed E-state index contributed by atoms with van der Waals surface area (Å²) >= 11 is 0. The lowest BCUT2D eigenvalue weighted by molar-refractivity contribution is 0.542. The first kappa shape index (κ1) is 27.2. The second-order valence-electron chi connectivity index (χ2n) is 9.50. The molecular formula is C16H44N12P4. The molecular weight excluding hydrogens is 484 g/mol. The van der Waals surface area contributed by atoms with Gasteiger partial charge in [0.1, 0.15) is 0 Å². The smallest absolute Gasteiger partial charge is 0.220 e. The van der Waals surface area contributed by atoms with E-state index < -0.39 is 30.0 Å². The van der Waals surface area contributed by atoms with Crippen molar-refractivity contribution in [3.63, 3.8) is 0 Å². The molecule has 3 rings (SSSR count). The highest BCUT2D eigenvalue weighted by atomic mass is 31.3.